The van der Waals surface area contributed by atoms with Gasteiger partial charge in [0.1, 0.15) is 0 Å². The van der Waals surface area contributed by atoms with Crippen LogP contribution in [-0.4, -0.2) is 60.4 Å². The zero-order chi connectivity index (χ0) is 16.2. The maximum absolute atomic E-state index is 12.6. The summed E-state index contributed by atoms with van der Waals surface area (Å²) in [5.74, 6) is 0.304. The lowest BCUT2D eigenvalue weighted by atomic mass is 10.0. The first-order chi connectivity index (χ1) is 11.1. The standard InChI is InChI=1S/C17H22BrN3O2.ClH/c18-14-4-1-3-13(9-14)10-16(22)20-7-2-5-15(12-20)21-8-6-19-11-17(21)23;/h1,3-4,9,15,19H,2,5-8,10-12H2;1H. The fraction of sp³-hybridized carbons (Fsp3) is 0.529. The van der Waals surface area contributed by atoms with Crippen LogP contribution >= 0.6 is 28.3 Å². The van der Waals surface area contributed by atoms with Gasteiger partial charge >= 0.3 is 0 Å². The predicted octanol–water partition coefficient (Wildman–Crippen LogP) is 1.84. The van der Waals surface area contributed by atoms with E-state index in [-0.39, 0.29) is 30.3 Å². The SMILES string of the molecule is Cl.O=C(Cc1cccc(Br)c1)N1CCCC(N2CCNCC2=O)C1. The highest BCUT2D eigenvalue weighted by molar-refractivity contribution is 9.10. The van der Waals surface area contributed by atoms with E-state index in [1.165, 1.54) is 0 Å². The van der Waals surface area contributed by atoms with Gasteiger partial charge in [0.05, 0.1) is 13.0 Å². The number of carbonyl (C=O) groups is 2. The molecule has 24 heavy (non-hydrogen) atoms. The van der Waals surface area contributed by atoms with Crippen LogP contribution in [0.15, 0.2) is 28.7 Å². The molecular formula is C17H23BrClN3O2. The first-order valence-electron chi connectivity index (χ1n) is 8.16. The van der Waals surface area contributed by atoms with Crippen LogP contribution in [-0.2, 0) is 16.0 Å². The Kier molecular flexibility index (Phi) is 7.07. The average molecular weight is 417 g/mol. The maximum atomic E-state index is 12.6. The summed E-state index contributed by atoms with van der Waals surface area (Å²) in [5, 5.41) is 3.10. The molecule has 2 aliphatic rings. The molecule has 2 fully saturated rings. The van der Waals surface area contributed by atoms with Gasteiger partial charge in [-0.15, -0.1) is 12.4 Å². The molecule has 3 rings (SSSR count). The first kappa shape index (κ1) is 19.2. The van der Waals surface area contributed by atoms with Crippen molar-refractivity contribution in [1.29, 1.82) is 0 Å². The zero-order valence-corrected chi connectivity index (χ0v) is 15.9. The van der Waals surface area contributed by atoms with Crippen LogP contribution < -0.4 is 5.32 Å². The highest BCUT2D eigenvalue weighted by Gasteiger charge is 2.31. The molecule has 2 heterocycles. The molecule has 2 amide bonds. The minimum absolute atomic E-state index is 0. The lowest BCUT2D eigenvalue weighted by molar-refractivity contribution is -0.140. The topological polar surface area (TPSA) is 52.7 Å². The van der Waals surface area contributed by atoms with Crippen molar-refractivity contribution in [3.8, 4) is 0 Å². The molecule has 2 aliphatic heterocycles. The highest BCUT2D eigenvalue weighted by Crippen LogP contribution is 2.19. The largest absolute Gasteiger partial charge is 0.340 e. The second-order valence-corrected chi connectivity index (χ2v) is 7.12. The monoisotopic (exact) mass is 415 g/mol. The lowest BCUT2D eigenvalue weighted by Gasteiger charge is -2.41. The van der Waals surface area contributed by atoms with Crippen LogP contribution in [0.25, 0.3) is 0 Å². The summed E-state index contributed by atoms with van der Waals surface area (Å²) in [7, 11) is 0. The molecule has 2 saturated heterocycles. The molecule has 0 saturated carbocycles. The molecular weight excluding hydrogens is 394 g/mol. The Morgan fingerprint density at radius 2 is 2.17 bits per heavy atom. The predicted molar refractivity (Wildman–Crippen MR) is 99.3 cm³/mol. The summed E-state index contributed by atoms with van der Waals surface area (Å²) >= 11 is 3.44. The summed E-state index contributed by atoms with van der Waals surface area (Å²) in [6.45, 7) is 3.47. The Balaban J connectivity index is 0.00000208. The van der Waals surface area contributed by atoms with Gasteiger partial charge in [0, 0.05) is 36.7 Å². The number of nitrogens with one attached hydrogen (secondary N) is 1. The van der Waals surface area contributed by atoms with E-state index < -0.39 is 0 Å². The van der Waals surface area contributed by atoms with E-state index in [1.54, 1.807) is 0 Å². The van der Waals surface area contributed by atoms with Gasteiger partial charge in [0.15, 0.2) is 0 Å². The number of piperazine rings is 1. The molecule has 1 unspecified atom stereocenters. The van der Waals surface area contributed by atoms with E-state index in [0.717, 1.165) is 42.5 Å². The van der Waals surface area contributed by atoms with Crippen LogP contribution in [0, 0.1) is 0 Å². The third-order valence-electron chi connectivity index (χ3n) is 4.56. The zero-order valence-electron chi connectivity index (χ0n) is 13.5. The van der Waals surface area contributed by atoms with Crippen molar-refractivity contribution in [3.05, 3.63) is 34.3 Å². The second kappa shape index (κ2) is 8.83. The first-order valence-corrected chi connectivity index (χ1v) is 8.95. The van der Waals surface area contributed by atoms with Gasteiger partial charge in [0.2, 0.25) is 11.8 Å². The van der Waals surface area contributed by atoms with Gasteiger partial charge in [-0.3, -0.25) is 9.59 Å². The number of amides is 2. The Bertz CT molecular complexity index is 599. The molecule has 0 radical (unpaired) electrons. The van der Waals surface area contributed by atoms with E-state index in [0.29, 0.717) is 19.5 Å². The molecule has 1 N–H and O–H groups in total. The summed E-state index contributed by atoms with van der Waals surface area (Å²) in [6.07, 6.45) is 2.38. The van der Waals surface area contributed by atoms with Crippen molar-refractivity contribution in [2.75, 3.05) is 32.7 Å². The van der Waals surface area contributed by atoms with Crippen LogP contribution in [0.2, 0.25) is 0 Å². The quantitative estimate of drug-likeness (QED) is 0.818. The third kappa shape index (κ3) is 4.71. The van der Waals surface area contributed by atoms with Crippen molar-refractivity contribution in [2.45, 2.75) is 25.3 Å². The van der Waals surface area contributed by atoms with Crippen LogP contribution in [0.5, 0.6) is 0 Å². The van der Waals surface area contributed by atoms with Gasteiger partial charge < -0.3 is 15.1 Å². The number of nitrogens with zero attached hydrogens (tertiary/aromatic N) is 2. The van der Waals surface area contributed by atoms with Crippen molar-refractivity contribution < 1.29 is 9.59 Å². The number of rotatable bonds is 3. The molecule has 5 nitrogen and oxygen atoms in total. The minimum Gasteiger partial charge on any atom is -0.340 e. The number of hydrogen-bond acceptors (Lipinski definition) is 3. The van der Waals surface area contributed by atoms with Crippen molar-refractivity contribution in [3.63, 3.8) is 0 Å². The van der Waals surface area contributed by atoms with Gasteiger partial charge in [-0.1, -0.05) is 28.1 Å². The van der Waals surface area contributed by atoms with Crippen LogP contribution in [0.3, 0.4) is 0 Å². The Hall–Kier alpha value is -1.11. The molecule has 1 atom stereocenters. The molecule has 7 heteroatoms. The molecule has 132 valence electrons. The van der Waals surface area contributed by atoms with Crippen molar-refractivity contribution in [2.24, 2.45) is 0 Å². The Labute approximate surface area is 157 Å². The Morgan fingerprint density at radius 3 is 2.92 bits per heavy atom. The molecule has 0 bridgehead atoms. The molecule has 1 aromatic rings. The fourth-order valence-corrected chi connectivity index (χ4v) is 3.82. The van der Waals surface area contributed by atoms with Crippen LogP contribution in [0.4, 0.5) is 0 Å². The normalized spacial score (nSPS) is 21.4. The van der Waals surface area contributed by atoms with Crippen LogP contribution in [0.1, 0.15) is 18.4 Å². The average Bonchev–Trinajstić information content (AvgIpc) is 2.55. The minimum atomic E-state index is 0. The van der Waals surface area contributed by atoms with Crippen molar-refractivity contribution in [1.82, 2.24) is 15.1 Å². The molecule has 0 aromatic heterocycles. The number of halogens is 2. The van der Waals surface area contributed by atoms with E-state index >= 15 is 0 Å². The van der Waals surface area contributed by atoms with Gasteiger partial charge in [-0.25, -0.2) is 0 Å². The smallest absolute Gasteiger partial charge is 0.236 e. The van der Waals surface area contributed by atoms with Gasteiger partial charge in [-0.2, -0.15) is 0 Å². The lowest BCUT2D eigenvalue weighted by Crippen LogP contribution is -2.57. The number of carbonyl (C=O) groups excluding carboxylic acids is 2. The van der Waals surface area contributed by atoms with Crippen molar-refractivity contribution >= 4 is 40.2 Å². The van der Waals surface area contributed by atoms with E-state index in [9.17, 15) is 9.59 Å². The molecule has 1 aromatic carbocycles. The number of likely N-dealkylation sites (tertiary alicyclic amines) is 1. The Morgan fingerprint density at radius 1 is 1.33 bits per heavy atom. The number of benzene rings is 1. The van der Waals surface area contributed by atoms with E-state index in [2.05, 4.69) is 21.2 Å². The van der Waals surface area contributed by atoms with Gasteiger partial charge in [-0.05, 0) is 30.5 Å². The second-order valence-electron chi connectivity index (χ2n) is 6.21. The summed E-state index contributed by atoms with van der Waals surface area (Å²) in [4.78, 5) is 28.5. The highest BCUT2D eigenvalue weighted by atomic mass is 79.9. The summed E-state index contributed by atoms with van der Waals surface area (Å²) in [5.41, 5.74) is 1.02. The fourth-order valence-electron chi connectivity index (χ4n) is 3.38. The third-order valence-corrected chi connectivity index (χ3v) is 5.05. The summed E-state index contributed by atoms with van der Waals surface area (Å²) < 4.78 is 0.991. The number of hydrogen-bond donors (Lipinski definition) is 1. The van der Waals surface area contributed by atoms with Gasteiger partial charge in [0.25, 0.3) is 0 Å². The van der Waals surface area contributed by atoms with E-state index in [1.807, 2.05) is 34.1 Å². The molecule has 0 aliphatic carbocycles. The molecule has 0 spiro atoms. The van der Waals surface area contributed by atoms with E-state index in [4.69, 9.17) is 0 Å². The summed E-state index contributed by atoms with van der Waals surface area (Å²) in [6, 6.07) is 8.04. The number of piperidine rings is 1. The maximum Gasteiger partial charge on any atom is 0.236 e.